The summed E-state index contributed by atoms with van der Waals surface area (Å²) in [6, 6.07) is 3.00. The molecule has 40 nitrogen and oxygen atoms in total. The third-order valence-corrected chi connectivity index (χ3v) is 19.5. The molecule has 3 heterocycles. The summed E-state index contributed by atoms with van der Waals surface area (Å²) in [4.78, 5) is 220. The number of guanidine groups is 1. The van der Waals surface area contributed by atoms with Gasteiger partial charge in [-0.1, -0.05) is 94.3 Å². The maximum absolute atomic E-state index is 15.2. The highest BCUT2D eigenvalue weighted by atomic mass is 16.4. The summed E-state index contributed by atoms with van der Waals surface area (Å²) >= 11 is 0. The number of hydrogen-bond donors (Lipinski definition) is 23. The summed E-state index contributed by atoms with van der Waals surface area (Å²) in [6.45, 7) is 3.96. The van der Waals surface area contributed by atoms with Crippen molar-refractivity contribution in [2.24, 2.45) is 23.1 Å². The number of carbonyl (C=O) groups is 15. The Kier molecular flexibility index (Phi) is 38.4. The molecule has 0 spiro atoms. The largest absolute Gasteiger partial charge is 0.508 e. The van der Waals surface area contributed by atoms with E-state index in [1.165, 1.54) is 41.7 Å². The molecule has 0 unspecified atom stereocenters. The van der Waals surface area contributed by atoms with Crippen molar-refractivity contribution in [1.29, 1.82) is 5.41 Å². The minimum atomic E-state index is -1.83. The molecule has 0 radical (unpaired) electrons. The number of nitrogens with one attached hydrogen (secondary N) is 16. The highest BCUT2D eigenvalue weighted by molar-refractivity contribution is 6.00. The number of hydrogen-bond acceptors (Lipinski definition) is 21. The summed E-state index contributed by atoms with van der Waals surface area (Å²) in [7, 11) is 0. The summed E-state index contributed by atoms with van der Waals surface area (Å²) in [6.07, 6.45) is 3.71. The number of carbonyl (C=O) groups excluding carboxylic acids is 14. The van der Waals surface area contributed by atoms with Crippen molar-refractivity contribution in [3.63, 3.8) is 0 Å². The van der Waals surface area contributed by atoms with E-state index in [9.17, 15) is 78.0 Å². The standard InChI is InChI=1S/C78H111N21O19/c1-5-6-19-52(91-75(116)61(41-101)97-72(113)57(34-46-24-26-49(103)27-25-46)94-74(115)60(40-100)88-44(4)102)68(109)92-54(28-29-64(105)106)70(111)96-59(36-48-38-83-42-87-48)73(114)93-56(33-45-16-8-7-9-17-45)71(112)90-53(22-14-31-84-78(81)82)69(110)95-58(35-47-37-85-51-20-11-10-18-50(47)51)67(108)86-39-63(104)89-55(21-12-13-30-79)77(118)99-32-15-23-62(99)76(117)98-65(43(2)3)66(80)107/h7-11,16-18,20,24-27,37-38,42-43,52-62,65,85,100-101,103H,5-6,12-15,19,21-23,28-36,39-41,79H2,1-4H3,(H2,80,107)(H,83,87)(H,86,108)(H,88,102)(H,89,104)(H,90,112)(H,91,116)(H,92,109)(H,93,114)(H,94,115)(H,95,110)(H,96,111)(H,97,113)(H,98,117)(H,105,106)(H4,81,82,84)/t52-,53-,54+,55-,56+,57-,58-,59-,60-,61-,62-,65-/m0/s1. The van der Waals surface area contributed by atoms with Crippen molar-refractivity contribution in [2.75, 3.05) is 39.4 Å². The van der Waals surface area contributed by atoms with Gasteiger partial charge in [-0.3, -0.25) is 77.3 Å². The summed E-state index contributed by atoms with van der Waals surface area (Å²) in [5.41, 5.74) is 19.3. The minimum Gasteiger partial charge on any atom is -0.508 e. The topological polar surface area (TPSA) is 643 Å². The third-order valence-electron chi connectivity index (χ3n) is 19.5. The number of aliphatic carboxylic acids is 1. The average molecular weight is 1650 g/mol. The first kappa shape index (κ1) is 94.3. The van der Waals surface area contributed by atoms with Crippen LogP contribution in [0, 0.1) is 11.3 Å². The van der Waals surface area contributed by atoms with Crippen LogP contribution in [0.15, 0.2) is 97.6 Å². The Morgan fingerprint density at radius 2 is 1.07 bits per heavy atom. The zero-order valence-corrected chi connectivity index (χ0v) is 66.3. The quantitative estimate of drug-likeness (QED) is 0.01000. The van der Waals surface area contributed by atoms with E-state index in [1.54, 1.807) is 81.6 Å². The minimum absolute atomic E-state index is 0.00399. The van der Waals surface area contributed by atoms with Crippen LogP contribution in [-0.4, -0.2) is 247 Å². The number of primary amides is 1. The van der Waals surface area contributed by atoms with Gasteiger partial charge in [-0.15, -0.1) is 0 Å². The number of carboxylic acid groups (broad SMARTS) is 1. The first-order valence-electron chi connectivity index (χ1n) is 39.1. The van der Waals surface area contributed by atoms with Crippen LogP contribution in [0.2, 0.25) is 0 Å². The lowest BCUT2D eigenvalue weighted by Crippen LogP contribution is -2.61. The molecule has 2 aromatic heterocycles. The van der Waals surface area contributed by atoms with Gasteiger partial charge in [0.1, 0.15) is 78.3 Å². The number of H-pyrrole nitrogens is 2. The number of phenols is 1. The molecule has 40 heteroatoms. The molecule has 0 bridgehead atoms. The van der Waals surface area contributed by atoms with Gasteiger partial charge in [0.2, 0.25) is 82.7 Å². The molecule has 1 aliphatic heterocycles. The van der Waals surface area contributed by atoms with Gasteiger partial charge in [-0.25, -0.2) is 4.98 Å². The van der Waals surface area contributed by atoms with Crippen LogP contribution in [0.25, 0.3) is 10.9 Å². The zero-order chi connectivity index (χ0) is 86.5. The third kappa shape index (κ3) is 30.6. The van der Waals surface area contributed by atoms with Crippen molar-refractivity contribution in [3.05, 3.63) is 120 Å². The average Bonchev–Trinajstić information content (AvgIpc) is 1.64. The van der Waals surface area contributed by atoms with Gasteiger partial charge in [-0.2, -0.15) is 0 Å². The number of unbranched alkanes of at least 4 members (excludes halogenated alkanes) is 2. The monoisotopic (exact) mass is 1650 g/mol. The number of aromatic nitrogens is 3. The number of likely N-dealkylation sites (tertiary alicyclic amines) is 1. The Balaban J connectivity index is 1.25. The number of phenolic OH excluding ortho intramolecular Hbond substituents is 1. The molecule has 118 heavy (non-hydrogen) atoms. The van der Waals surface area contributed by atoms with Crippen LogP contribution >= 0.6 is 0 Å². The number of rotatable bonds is 50. The van der Waals surface area contributed by atoms with Crippen molar-refractivity contribution in [2.45, 2.75) is 203 Å². The summed E-state index contributed by atoms with van der Waals surface area (Å²) in [5.74, 6) is -15.1. The first-order chi connectivity index (χ1) is 56.3. The second kappa shape index (κ2) is 48.1. The van der Waals surface area contributed by atoms with Crippen molar-refractivity contribution < 1.29 is 92.3 Å². The van der Waals surface area contributed by atoms with E-state index in [-0.39, 0.29) is 101 Å². The molecular formula is C78H111N21O19. The van der Waals surface area contributed by atoms with Crippen molar-refractivity contribution in [1.82, 2.24) is 89.0 Å². The Morgan fingerprint density at radius 3 is 1.60 bits per heavy atom. The second-order valence-corrected chi connectivity index (χ2v) is 29.0. The van der Waals surface area contributed by atoms with Gasteiger partial charge in [0.15, 0.2) is 5.96 Å². The molecule has 642 valence electrons. The van der Waals surface area contributed by atoms with E-state index in [4.69, 9.17) is 22.6 Å². The summed E-state index contributed by atoms with van der Waals surface area (Å²) < 4.78 is 0. The molecule has 0 aliphatic carbocycles. The maximum Gasteiger partial charge on any atom is 0.303 e. The number of nitrogens with zero attached hydrogens (tertiary/aromatic N) is 2. The number of nitrogens with two attached hydrogens (primary N) is 3. The molecule has 1 fully saturated rings. The number of amides is 14. The smallest absolute Gasteiger partial charge is 0.303 e. The number of aromatic hydroxyl groups is 1. The molecule has 1 aliphatic rings. The normalized spacial score (nSPS) is 15.2. The van der Waals surface area contributed by atoms with Crippen molar-refractivity contribution in [3.8, 4) is 5.75 Å². The van der Waals surface area contributed by atoms with Crippen LogP contribution < -0.4 is 86.3 Å². The van der Waals surface area contributed by atoms with Gasteiger partial charge in [0, 0.05) is 81.1 Å². The number of benzene rings is 3. The van der Waals surface area contributed by atoms with E-state index >= 15 is 14.4 Å². The maximum atomic E-state index is 15.2. The zero-order valence-electron chi connectivity index (χ0n) is 66.3. The molecule has 0 saturated carbocycles. The van der Waals surface area contributed by atoms with Crippen molar-refractivity contribution >= 4 is 106 Å². The summed E-state index contributed by atoms with van der Waals surface area (Å²) in [5, 5.41) is 81.9. The molecule has 26 N–H and O–H groups in total. The first-order valence-corrected chi connectivity index (χ1v) is 39.1. The van der Waals surface area contributed by atoms with Gasteiger partial charge >= 0.3 is 5.97 Å². The number of aliphatic hydroxyl groups is 2. The van der Waals surface area contributed by atoms with E-state index in [2.05, 4.69) is 84.1 Å². The molecule has 12 atom stereocenters. The number of imidazole rings is 1. The van der Waals surface area contributed by atoms with E-state index in [0.29, 0.717) is 53.3 Å². The predicted octanol–water partition coefficient (Wildman–Crippen LogP) is -4.10. The number of para-hydroxylation sites is 1. The van der Waals surface area contributed by atoms with Gasteiger partial charge in [0.05, 0.1) is 26.1 Å². The van der Waals surface area contributed by atoms with E-state index < -0.39 is 200 Å². The Labute approximate surface area is 680 Å². The molecule has 6 rings (SSSR count). The lowest BCUT2D eigenvalue weighted by Gasteiger charge is -2.30. The Morgan fingerprint density at radius 1 is 0.559 bits per heavy atom. The van der Waals surface area contributed by atoms with Crippen LogP contribution in [-0.2, 0) is 97.6 Å². The molecule has 14 amide bonds. The van der Waals surface area contributed by atoms with Gasteiger partial charge in [-0.05, 0) is 105 Å². The lowest BCUT2D eigenvalue weighted by atomic mass is 10.0. The fraction of sp³-hybridized carbons (Fsp3) is 0.500. The van der Waals surface area contributed by atoms with Gasteiger partial charge in [0.25, 0.3) is 0 Å². The fourth-order valence-corrected chi connectivity index (χ4v) is 13.1. The number of aromatic amines is 2. The van der Waals surface area contributed by atoms with E-state index in [0.717, 1.165) is 6.92 Å². The Bertz CT molecular complexity index is 4240. The highest BCUT2D eigenvalue weighted by Crippen LogP contribution is 2.23. The SMILES string of the molecule is CCCC[C@H](NC(=O)[C@H](CO)NC(=O)[C@H](Cc1ccc(O)cc1)NC(=O)[C@H](CO)NC(C)=O)C(=O)N[C@H](CCC(=O)O)C(=O)N[C@@H](Cc1cnc[nH]1)C(=O)N[C@H](Cc1ccccc1)C(=O)N[C@@H](CCCNC(=N)N)C(=O)N[C@@H](Cc1c[nH]c2ccccc12)C(=O)NCC(=O)N[C@@H](CCCCN)C(=O)N1CCC[C@H]1C(=O)N[C@H](C(N)=O)C(C)C. The number of aliphatic hydroxyl groups excluding tert-OH is 2. The van der Waals surface area contributed by atoms with Crippen LogP contribution in [0.4, 0.5) is 0 Å². The number of carboxylic acids is 1. The molecule has 1 saturated heterocycles. The highest BCUT2D eigenvalue weighted by Gasteiger charge is 2.41. The predicted molar refractivity (Wildman–Crippen MR) is 428 cm³/mol. The van der Waals surface area contributed by atoms with Crippen LogP contribution in [0.5, 0.6) is 5.75 Å². The molecular weight excluding hydrogens is 1530 g/mol. The lowest BCUT2D eigenvalue weighted by molar-refractivity contribution is -0.142. The molecule has 5 aromatic rings. The van der Waals surface area contributed by atoms with Gasteiger partial charge < -0.3 is 122 Å². The van der Waals surface area contributed by atoms with Crippen LogP contribution in [0.3, 0.4) is 0 Å². The van der Waals surface area contributed by atoms with Crippen LogP contribution in [0.1, 0.15) is 127 Å². The molecule has 3 aromatic carbocycles. The second-order valence-electron chi connectivity index (χ2n) is 29.0. The fourth-order valence-electron chi connectivity index (χ4n) is 13.1. The van der Waals surface area contributed by atoms with E-state index in [1.807, 2.05) is 0 Å². The Hall–Kier alpha value is -12.6. The number of fused-ring (bicyclic) bond motifs is 1.